The number of halogens is 1. The quantitative estimate of drug-likeness (QED) is 0.434. The van der Waals surface area contributed by atoms with Gasteiger partial charge < -0.3 is 5.32 Å². The van der Waals surface area contributed by atoms with Crippen LogP contribution in [-0.4, -0.2) is 35.8 Å². The van der Waals surface area contributed by atoms with E-state index in [2.05, 4.69) is 21.3 Å². The van der Waals surface area contributed by atoms with Crippen molar-refractivity contribution in [2.24, 2.45) is 0 Å². The molecule has 0 aliphatic heterocycles. The maximum atomic E-state index is 12.2. The summed E-state index contributed by atoms with van der Waals surface area (Å²) in [6, 6.07) is 12.1. The third kappa shape index (κ3) is 7.88. The summed E-state index contributed by atoms with van der Waals surface area (Å²) in [5.41, 5.74) is 1.02. The number of sulfonamides is 2. The van der Waals surface area contributed by atoms with Gasteiger partial charge in [-0.05, 0) is 35.9 Å². The van der Waals surface area contributed by atoms with Gasteiger partial charge in [0.1, 0.15) is 0 Å². The normalized spacial score (nSPS) is 11.8. The Kier molecular flexibility index (Phi) is 8.56. The molecule has 162 valence electrons. The molecular weight excluding hydrogens is 450 g/mol. The Morgan fingerprint density at radius 2 is 1.73 bits per heavy atom. The SMILES string of the molecule is C=CCNS(=O)(=O)Cc1ccc(NC(=O)CCNS(=O)(=O)c2cccc(Cl)c2)cc1. The summed E-state index contributed by atoms with van der Waals surface area (Å²) >= 11 is 5.80. The molecule has 0 fully saturated rings. The Balaban J connectivity index is 1.84. The molecule has 0 atom stereocenters. The lowest BCUT2D eigenvalue weighted by Gasteiger charge is -2.09. The fourth-order valence-corrected chi connectivity index (χ4v) is 4.82. The molecule has 3 N–H and O–H groups in total. The van der Waals surface area contributed by atoms with Crippen LogP contribution in [0.25, 0.3) is 0 Å². The summed E-state index contributed by atoms with van der Waals surface area (Å²) in [7, 11) is -7.23. The van der Waals surface area contributed by atoms with Crippen LogP contribution in [0, 0.1) is 0 Å². The van der Waals surface area contributed by atoms with Crippen LogP contribution < -0.4 is 14.8 Å². The molecule has 0 saturated carbocycles. The van der Waals surface area contributed by atoms with Gasteiger partial charge in [0.25, 0.3) is 0 Å². The standard InChI is InChI=1S/C19H22ClN3O5S2/c1-2-11-21-29(25,26)14-15-6-8-17(9-7-15)23-19(24)10-12-22-30(27,28)18-5-3-4-16(20)13-18/h2-9,13,21-22H,1,10-12,14H2,(H,23,24). The van der Waals surface area contributed by atoms with Crippen LogP contribution in [0.4, 0.5) is 5.69 Å². The molecule has 11 heteroatoms. The highest BCUT2D eigenvalue weighted by molar-refractivity contribution is 7.89. The number of hydrogen-bond donors (Lipinski definition) is 3. The average Bonchev–Trinajstić information content (AvgIpc) is 2.67. The minimum Gasteiger partial charge on any atom is -0.326 e. The van der Waals surface area contributed by atoms with Crippen molar-refractivity contribution >= 4 is 43.2 Å². The van der Waals surface area contributed by atoms with Crippen molar-refractivity contribution in [1.29, 1.82) is 0 Å². The van der Waals surface area contributed by atoms with E-state index in [1.807, 2.05) is 0 Å². The molecular formula is C19H22ClN3O5S2. The molecule has 0 saturated heterocycles. The summed E-state index contributed by atoms with van der Waals surface area (Å²) in [5, 5.41) is 2.92. The second-order valence-corrected chi connectivity index (χ2v) is 10.3. The lowest BCUT2D eigenvalue weighted by atomic mass is 10.2. The number of rotatable bonds is 11. The van der Waals surface area contributed by atoms with Gasteiger partial charge in [-0.1, -0.05) is 35.9 Å². The third-order valence-corrected chi connectivity index (χ3v) is 6.81. The highest BCUT2D eigenvalue weighted by atomic mass is 35.5. The van der Waals surface area contributed by atoms with E-state index in [4.69, 9.17) is 11.6 Å². The van der Waals surface area contributed by atoms with Gasteiger partial charge in [-0.15, -0.1) is 6.58 Å². The first kappa shape index (κ1) is 24.0. The summed E-state index contributed by atoms with van der Waals surface area (Å²) in [5.74, 6) is -0.586. The Morgan fingerprint density at radius 3 is 2.37 bits per heavy atom. The van der Waals surface area contributed by atoms with Crippen LogP contribution >= 0.6 is 11.6 Å². The molecule has 0 aromatic heterocycles. The van der Waals surface area contributed by atoms with Crippen LogP contribution in [-0.2, 0) is 30.6 Å². The van der Waals surface area contributed by atoms with E-state index in [0.717, 1.165) is 0 Å². The maximum Gasteiger partial charge on any atom is 0.240 e. The molecule has 0 unspecified atom stereocenters. The average molecular weight is 472 g/mol. The van der Waals surface area contributed by atoms with E-state index in [9.17, 15) is 21.6 Å². The van der Waals surface area contributed by atoms with Crippen molar-refractivity contribution in [3.05, 3.63) is 71.8 Å². The van der Waals surface area contributed by atoms with Crippen molar-refractivity contribution in [3.8, 4) is 0 Å². The molecule has 2 rings (SSSR count). The first-order chi connectivity index (χ1) is 14.1. The predicted molar refractivity (Wildman–Crippen MR) is 117 cm³/mol. The lowest BCUT2D eigenvalue weighted by Crippen LogP contribution is -2.27. The van der Waals surface area contributed by atoms with E-state index in [-0.39, 0.29) is 30.2 Å². The zero-order chi connectivity index (χ0) is 22.2. The minimum atomic E-state index is -3.76. The molecule has 0 spiro atoms. The van der Waals surface area contributed by atoms with Gasteiger partial charge in [0.05, 0.1) is 10.6 Å². The smallest absolute Gasteiger partial charge is 0.240 e. The van der Waals surface area contributed by atoms with Crippen LogP contribution in [0.15, 0.2) is 66.1 Å². The second kappa shape index (κ2) is 10.7. The highest BCUT2D eigenvalue weighted by Crippen LogP contribution is 2.15. The molecule has 0 bridgehead atoms. The van der Waals surface area contributed by atoms with Gasteiger partial charge in [0, 0.05) is 30.2 Å². The Hall–Kier alpha value is -2.24. The van der Waals surface area contributed by atoms with E-state index in [1.54, 1.807) is 30.3 Å². The number of benzene rings is 2. The molecule has 0 aliphatic carbocycles. The fraction of sp³-hybridized carbons (Fsp3) is 0.211. The zero-order valence-electron chi connectivity index (χ0n) is 16.0. The number of hydrogen-bond acceptors (Lipinski definition) is 5. The third-order valence-electron chi connectivity index (χ3n) is 3.79. The molecule has 0 heterocycles. The van der Waals surface area contributed by atoms with Gasteiger partial charge in [-0.3, -0.25) is 4.79 Å². The first-order valence-electron chi connectivity index (χ1n) is 8.83. The maximum absolute atomic E-state index is 12.2. The summed E-state index contributed by atoms with van der Waals surface area (Å²) < 4.78 is 52.8. The fourth-order valence-electron chi connectivity index (χ4n) is 2.38. The van der Waals surface area contributed by atoms with E-state index in [0.29, 0.717) is 16.3 Å². The lowest BCUT2D eigenvalue weighted by molar-refractivity contribution is -0.116. The molecule has 0 radical (unpaired) electrons. The number of amides is 1. The van der Waals surface area contributed by atoms with Crippen LogP contribution in [0.1, 0.15) is 12.0 Å². The Morgan fingerprint density at radius 1 is 1.03 bits per heavy atom. The summed E-state index contributed by atoms with van der Waals surface area (Å²) in [4.78, 5) is 12.1. The van der Waals surface area contributed by atoms with Crippen molar-refractivity contribution in [2.45, 2.75) is 17.1 Å². The number of carbonyl (C=O) groups excluding carboxylic acids is 1. The van der Waals surface area contributed by atoms with Gasteiger partial charge in [-0.25, -0.2) is 26.3 Å². The largest absolute Gasteiger partial charge is 0.326 e. The summed E-state index contributed by atoms with van der Waals surface area (Å²) in [6.45, 7) is 3.51. The van der Waals surface area contributed by atoms with Crippen LogP contribution in [0.5, 0.6) is 0 Å². The van der Waals surface area contributed by atoms with Gasteiger partial charge in [0.15, 0.2) is 0 Å². The van der Waals surface area contributed by atoms with Crippen LogP contribution in [0.2, 0.25) is 5.02 Å². The Labute approximate surface area is 181 Å². The minimum absolute atomic E-state index is 0.0172. The predicted octanol–water partition coefficient (Wildman–Crippen LogP) is 2.25. The van der Waals surface area contributed by atoms with Crippen LogP contribution in [0.3, 0.4) is 0 Å². The van der Waals surface area contributed by atoms with E-state index < -0.39 is 26.0 Å². The molecule has 8 nitrogen and oxygen atoms in total. The summed E-state index contributed by atoms with van der Waals surface area (Å²) in [6.07, 6.45) is 1.37. The Bertz CT molecular complexity index is 1100. The van der Waals surface area contributed by atoms with Gasteiger partial charge in [0.2, 0.25) is 26.0 Å². The highest BCUT2D eigenvalue weighted by Gasteiger charge is 2.15. The molecule has 30 heavy (non-hydrogen) atoms. The molecule has 1 amide bonds. The molecule has 2 aromatic rings. The number of anilines is 1. The monoisotopic (exact) mass is 471 g/mol. The first-order valence-corrected chi connectivity index (χ1v) is 12.3. The second-order valence-electron chi connectivity index (χ2n) is 6.25. The molecule has 2 aromatic carbocycles. The number of carbonyl (C=O) groups is 1. The van der Waals surface area contributed by atoms with Gasteiger partial charge >= 0.3 is 0 Å². The van der Waals surface area contributed by atoms with E-state index >= 15 is 0 Å². The topological polar surface area (TPSA) is 121 Å². The van der Waals surface area contributed by atoms with Crippen molar-refractivity contribution in [1.82, 2.24) is 9.44 Å². The number of nitrogens with one attached hydrogen (secondary N) is 3. The van der Waals surface area contributed by atoms with E-state index in [1.165, 1.54) is 24.3 Å². The van der Waals surface area contributed by atoms with Crippen molar-refractivity contribution < 1.29 is 21.6 Å². The zero-order valence-corrected chi connectivity index (χ0v) is 18.4. The van der Waals surface area contributed by atoms with Gasteiger partial charge in [-0.2, -0.15) is 0 Å². The van der Waals surface area contributed by atoms with Crippen molar-refractivity contribution in [2.75, 3.05) is 18.4 Å². The van der Waals surface area contributed by atoms with Crippen molar-refractivity contribution in [3.63, 3.8) is 0 Å². The molecule has 0 aliphatic rings.